The summed E-state index contributed by atoms with van der Waals surface area (Å²) in [4.78, 5) is 2.24. The van der Waals surface area contributed by atoms with Gasteiger partial charge in [0.25, 0.3) is 0 Å². The molecule has 0 saturated heterocycles. The normalized spacial score (nSPS) is 21.8. The molecule has 1 aliphatic heterocycles. The molecular weight excluding hydrogens is 525 g/mol. The molecule has 5 nitrogen and oxygen atoms in total. The quantitative estimate of drug-likeness (QED) is 0.312. The van der Waals surface area contributed by atoms with Gasteiger partial charge < -0.3 is 0 Å². The number of benzene rings is 1. The predicted molar refractivity (Wildman–Crippen MR) is 135 cm³/mol. The first-order valence-electron chi connectivity index (χ1n) is 11.8. The van der Waals surface area contributed by atoms with Crippen LogP contribution < -0.4 is 12.3 Å². The molecule has 1 aliphatic carbocycles. The third-order valence-corrected chi connectivity index (χ3v) is 11.7. The summed E-state index contributed by atoms with van der Waals surface area (Å²) in [7, 11) is 0. The molecule has 1 saturated carbocycles. The average Bonchev–Trinajstić information content (AvgIpc) is 3.49. The number of anilines is 2. The Bertz CT molecular complexity index is 1040. The van der Waals surface area contributed by atoms with E-state index in [2.05, 4.69) is 68.9 Å². The maximum absolute atomic E-state index is 15.0. The van der Waals surface area contributed by atoms with E-state index in [0.29, 0.717) is 30.6 Å². The maximum Gasteiger partial charge on any atom is -0.0134 e. The Balaban J connectivity index is 1.34. The van der Waals surface area contributed by atoms with Crippen LogP contribution >= 0.6 is 0 Å². The van der Waals surface area contributed by atoms with Crippen LogP contribution in [0.3, 0.4) is 0 Å². The van der Waals surface area contributed by atoms with E-state index in [9.17, 15) is 4.39 Å². The van der Waals surface area contributed by atoms with Crippen molar-refractivity contribution >= 4 is 35.5 Å². The summed E-state index contributed by atoms with van der Waals surface area (Å²) in [6.45, 7) is 10.0. The summed E-state index contributed by atoms with van der Waals surface area (Å²) < 4.78 is 25.8. The molecule has 33 heavy (non-hydrogen) atoms. The topological polar surface area (TPSA) is 62.0 Å². The monoisotopic (exact) mass is 560 g/mol. The Kier molecular flexibility index (Phi) is 7.67. The van der Waals surface area contributed by atoms with Crippen LogP contribution in [0.1, 0.15) is 64.1 Å². The number of rotatable bonds is 7. The Hall–Kier alpha value is -1.62. The van der Waals surface area contributed by atoms with Crippen LogP contribution in [0, 0.1) is 11.2 Å². The van der Waals surface area contributed by atoms with Crippen LogP contribution in [0.15, 0.2) is 42.0 Å². The van der Waals surface area contributed by atoms with Crippen molar-refractivity contribution in [3.05, 3.63) is 59.1 Å². The van der Waals surface area contributed by atoms with Crippen molar-refractivity contribution in [3.8, 4) is 0 Å². The van der Waals surface area contributed by atoms with E-state index in [0.717, 1.165) is 30.5 Å². The molecular formula is C26H36FN4OSb. The molecule has 7 heteroatoms. The van der Waals surface area contributed by atoms with Gasteiger partial charge in [0, 0.05) is 0 Å². The second kappa shape index (κ2) is 10.3. The number of hydrogen-bond acceptors (Lipinski definition) is 4. The minimum atomic E-state index is -1.62. The number of halogens is 1. The smallest absolute Gasteiger partial charge is 0.0134 e. The molecule has 2 heterocycles. The third kappa shape index (κ3) is 5.72. The number of aromatic amines is 1. The van der Waals surface area contributed by atoms with Crippen molar-refractivity contribution in [2.45, 2.75) is 70.4 Å². The van der Waals surface area contributed by atoms with Crippen molar-refractivity contribution in [1.82, 2.24) is 13.7 Å². The molecule has 1 aromatic carbocycles. The van der Waals surface area contributed by atoms with Gasteiger partial charge in [-0.1, -0.05) is 39.0 Å². The Morgan fingerprint density at radius 1 is 1.33 bits per heavy atom. The summed E-state index contributed by atoms with van der Waals surface area (Å²) in [6, 6.07) is 5.94. The van der Waals surface area contributed by atoms with Crippen LogP contribution in [0.4, 0.5) is 15.9 Å². The number of fused-ring (bicyclic) bond motifs is 1. The van der Waals surface area contributed by atoms with E-state index in [1.807, 2.05) is 19.1 Å². The molecule has 4 rings (SSSR count). The van der Waals surface area contributed by atoms with Gasteiger partial charge in [-0.3, -0.25) is 0 Å². The number of nitrogens with zero attached hydrogens (tertiary/aromatic N) is 1. The van der Waals surface area contributed by atoms with E-state index in [4.69, 9.17) is 4.74 Å². The molecule has 2 unspecified atom stereocenters. The summed E-state index contributed by atoms with van der Waals surface area (Å²) >= 11 is -1.62. The van der Waals surface area contributed by atoms with Crippen molar-refractivity contribution in [2.75, 3.05) is 11.9 Å². The van der Waals surface area contributed by atoms with Crippen LogP contribution in [0.25, 0.3) is 0 Å². The molecule has 3 N–H and O–H groups in total. The van der Waals surface area contributed by atoms with Crippen molar-refractivity contribution in [3.63, 3.8) is 0 Å². The van der Waals surface area contributed by atoms with E-state index < -0.39 is 20.5 Å². The van der Waals surface area contributed by atoms with E-state index in [1.165, 1.54) is 9.08 Å². The zero-order chi connectivity index (χ0) is 23.6. The minimum Gasteiger partial charge on any atom is -0.0561 e. The molecule has 2 atom stereocenters. The zero-order valence-corrected chi connectivity index (χ0v) is 22.9. The fraction of sp³-hybridized carbons (Fsp3) is 0.500. The molecule has 0 spiro atoms. The van der Waals surface area contributed by atoms with Crippen LogP contribution in [0.2, 0.25) is 4.87 Å². The van der Waals surface area contributed by atoms with Crippen LogP contribution in [-0.2, 0) is 11.3 Å². The molecule has 1 fully saturated rings. The van der Waals surface area contributed by atoms with Crippen molar-refractivity contribution < 1.29 is 9.13 Å². The predicted octanol–water partition coefficient (Wildman–Crippen LogP) is 5.43. The Morgan fingerprint density at radius 3 is 2.91 bits per heavy atom. The molecule has 0 bridgehead atoms. The van der Waals surface area contributed by atoms with Gasteiger partial charge in [-0.05, 0) is 17.9 Å². The molecule has 2 aliphatic rings. The Morgan fingerprint density at radius 2 is 2.15 bits per heavy atom. The number of nitrogens with one attached hydrogen (secondary N) is 3. The maximum atomic E-state index is 15.0. The van der Waals surface area contributed by atoms with E-state index >= 15 is 0 Å². The summed E-state index contributed by atoms with van der Waals surface area (Å²) in [5.41, 5.74) is 3.84. The molecule has 2 aromatic rings. The van der Waals surface area contributed by atoms with Gasteiger partial charge >= 0.3 is 142 Å². The first-order valence-corrected chi connectivity index (χ1v) is 16.9. The van der Waals surface area contributed by atoms with Crippen LogP contribution in [-0.4, -0.2) is 43.4 Å². The largest absolute Gasteiger partial charge is 0.0561 e. The van der Waals surface area contributed by atoms with Gasteiger partial charge in [0.2, 0.25) is 0 Å². The minimum absolute atomic E-state index is 0.114. The van der Waals surface area contributed by atoms with Gasteiger partial charge in [0.15, 0.2) is 0 Å². The van der Waals surface area contributed by atoms with Crippen molar-refractivity contribution in [1.29, 1.82) is 0 Å². The number of ether oxygens (including phenoxy) is 1. The number of aromatic nitrogens is 2. The second-order valence-corrected chi connectivity index (χ2v) is 15.5. The zero-order valence-electron chi connectivity index (χ0n) is 20.3. The number of hydrogen-bond donors (Lipinski definition) is 3. The van der Waals surface area contributed by atoms with Crippen molar-refractivity contribution in [2.24, 2.45) is 5.41 Å². The molecule has 0 radical (unpaired) electrons. The van der Waals surface area contributed by atoms with Gasteiger partial charge in [-0.15, -0.1) is 0 Å². The fourth-order valence-electron chi connectivity index (χ4n) is 4.67. The average molecular weight is 561 g/mol. The number of H-pyrrole nitrogens is 1. The molecule has 0 amide bonds. The van der Waals surface area contributed by atoms with Gasteiger partial charge in [0.05, 0.1) is 6.61 Å². The van der Waals surface area contributed by atoms with Gasteiger partial charge in [-0.25, -0.2) is 0 Å². The molecule has 1 aromatic heterocycles. The Labute approximate surface area is 204 Å². The first-order chi connectivity index (χ1) is 15.8. The number of allylic oxidation sites excluding steroid dienone is 3. The molecule has 178 valence electrons. The van der Waals surface area contributed by atoms with E-state index in [1.54, 1.807) is 0 Å². The third-order valence-electron chi connectivity index (χ3n) is 6.61. The van der Waals surface area contributed by atoms with Crippen LogP contribution in [0.5, 0.6) is 0 Å². The standard InChI is InChI=1S/C25H33FN4O.CH3.Sb/c1-5-7-19(25(2,3)4)12-13-31-20-11-10-17(14-20)22-15-23(30-29-22)28-21-9-6-8-18(16-27)24(21)26;;/h5-7,9,12,15,17,20,27H,10-11,13-14,16H2,1-4H3,(H2,28,29,30);1H3;/q-1;;+1/b7-5-,19-12+;;. The first kappa shape index (κ1) is 24.5. The summed E-state index contributed by atoms with van der Waals surface area (Å²) in [5, 5.41) is 10.7. The summed E-state index contributed by atoms with van der Waals surface area (Å²) in [6.07, 6.45) is 9.81. The van der Waals surface area contributed by atoms with Gasteiger partial charge in [0.1, 0.15) is 0 Å². The fourth-order valence-corrected chi connectivity index (χ4v) is 8.80. The second-order valence-electron chi connectivity index (χ2n) is 10.0. The summed E-state index contributed by atoms with van der Waals surface area (Å²) in [5.74, 6) is 0.910. The van der Waals surface area contributed by atoms with E-state index in [-0.39, 0.29) is 17.3 Å². The van der Waals surface area contributed by atoms with Gasteiger partial charge in [-0.2, -0.15) is 0 Å². The SMILES string of the molecule is C/C=C\C(=C/COC1CCC(c2cc(Nc3cc[c]4c(c3F)C[NH][Sb]4[CH3])n[nH]2)C1)C(C)(C)C.